The van der Waals surface area contributed by atoms with E-state index in [1.807, 2.05) is 25.3 Å². The molecular formula is C25H20N8OS. The molecule has 6 rings (SSSR count). The number of amides is 1. The molecule has 0 bridgehead atoms. The molecule has 0 fully saturated rings. The van der Waals surface area contributed by atoms with Crippen molar-refractivity contribution >= 4 is 45.0 Å². The van der Waals surface area contributed by atoms with Crippen LogP contribution in [0.2, 0.25) is 0 Å². The maximum Gasteiger partial charge on any atom is 0.224 e. The van der Waals surface area contributed by atoms with Gasteiger partial charge in [-0.1, -0.05) is 6.92 Å². The Hall–Kier alpha value is -4.44. The van der Waals surface area contributed by atoms with E-state index in [0.29, 0.717) is 23.6 Å². The van der Waals surface area contributed by atoms with E-state index < -0.39 is 0 Å². The largest absolute Gasteiger partial charge is 0.335 e. The lowest BCUT2D eigenvalue weighted by molar-refractivity contribution is -0.115. The van der Waals surface area contributed by atoms with Gasteiger partial charge < -0.3 is 10.3 Å². The van der Waals surface area contributed by atoms with Crippen molar-refractivity contribution in [2.75, 3.05) is 5.32 Å². The van der Waals surface area contributed by atoms with Gasteiger partial charge in [0.2, 0.25) is 5.91 Å². The van der Waals surface area contributed by atoms with Crippen LogP contribution in [-0.2, 0) is 4.79 Å². The van der Waals surface area contributed by atoms with Gasteiger partial charge in [0, 0.05) is 51.5 Å². The predicted octanol–water partition coefficient (Wildman–Crippen LogP) is 5.34. The van der Waals surface area contributed by atoms with Gasteiger partial charge in [-0.15, -0.1) is 11.3 Å². The number of rotatable bonds is 5. The first kappa shape index (κ1) is 21.1. The van der Waals surface area contributed by atoms with Crippen molar-refractivity contribution in [2.45, 2.75) is 20.3 Å². The third-order valence-corrected chi connectivity index (χ3v) is 6.76. The first-order valence-corrected chi connectivity index (χ1v) is 11.9. The minimum absolute atomic E-state index is 0.0638. The topological polar surface area (TPSA) is 125 Å². The van der Waals surface area contributed by atoms with Gasteiger partial charge in [-0.25, -0.2) is 9.97 Å². The quantitative estimate of drug-likeness (QED) is 0.306. The van der Waals surface area contributed by atoms with Crippen LogP contribution in [0.3, 0.4) is 0 Å². The Morgan fingerprint density at radius 2 is 1.91 bits per heavy atom. The van der Waals surface area contributed by atoms with Crippen molar-refractivity contribution in [1.29, 1.82) is 0 Å². The van der Waals surface area contributed by atoms with Crippen molar-refractivity contribution in [1.82, 2.24) is 35.1 Å². The number of aromatic nitrogens is 7. The molecule has 0 aliphatic carbocycles. The number of pyridine rings is 3. The molecule has 3 N–H and O–H groups in total. The zero-order valence-corrected chi connectivity index (χ0v) is 19.8. The number of hydrogen-bond donors (Lipinski definition) is 3. The minimum atomic E-state index is -0.0638. The number of fused-ring (bicyclic) bond motifs is 2. The Kier molecular flexibility index (Phi) is 5.07. The number of thiophene rings is 1. The van der Waals surface area contributed by atoms with Gasteiger partial charge in [0.15, 0.2) is 11.5 Å². The molecule has 0 aromatic carbocycles. The van der Waals surface area contributed by atoms with E-state index in [4.69, 9.17) is 4.98 Å². The molecule has 6 aromatic heterocycles. The van der Waals surface area contributed by atoms with Crippen LogP contribution in [0, 0.1) is 6.92 Å². The van der Waals surface area contributed by atoms with E-state index in [0.717, 1.165) is 43.7 Å². The van der Waals surface area contributed by atoms with Crippen LogP contribution in [0.15, 0.2) is 55.2 Å². The van der Waals surface area contributed by atoms with Crippen LogP contribution in [0.1, 0.15) is 18.2 Å². The van der Waals surface area contributed by atoms with E-state index in [1.165, 1.54) is 4.88 Å². The second-order valence-electron chi connectivity index (χ2n) is 8.14. The van der Waals surface area contributed by atoms with Crippen LogP contribution in [0.4, 0.5) is 5.69 Å². The molecule has 0 saturated carbocycles. The van der Waals surface area contributed by atoms with E-state index >= 15 is 0 Å². The highest BCUT2D eigenvalue weighted by molar-refractivity contribution is 7.15. The summed E-state index contributed by atoms with van der Waals surface area (Å²) in [4.78, 5) is 35.6. The summed E-state index contributed by atoms with van der Waals surface area (Å²) in [5, 5.41) is 11.1. The van der Waals surface area contributed by atoms with Gasteiger partial charge in [0.25, 0.3) is 0 Å². The summed E-state index contributed by atoms with van der Waals surface area (Å²) in [6.07, 6.45) is 9.14. The number of nitrogens with one attached hydrogen (secondary N) is 3. The molecule has 0 radical (unpaired) electrons. The maximum absolute atomic E-state index is 11.8. The number of nitrogens with zero attached hydrogens (tertiary/aromatic N) is 5. The Morgan fingerprint density at radius 1 is 1.06 bits per heavy atom. The van der Waals surface area contributed by atoms with Crippen molar-refractivity contribution in [3.8, 4) is 33.1 Å². The van der Waals surface area contributed by atoms with Crippen LogP contribution in [0.25, 0.3) is 55.2 Å². The van der Waals surface area contributed by atoms with Gasteiger partial charge in [0.1, 0.15) is 11.2 Å². The zero-order valence-electron chi connectivity index (χ0n) is 19.0. The van der Waals surface area contributed by atoms with Gasteiger partial charge in [0.05, 0.1) is 29.0 Å². The summed E-state index contributed by atoms with van der Waals surface area (Å²) < 4.78 is 0. The summed E-state index contributed by atoms with van der Waals surface area (Å²) in [6.45, 7) is 3.89. The highest BCUT2D eigenvalue weighted by Crippen LogP contribution is 2.34. The molecule has 35 heavy (non-hydrogen) atoms. The first-order valence-electron chi connectivity index (χ1n) is 11.1. The molecule has 0 aliphatic heterocycles. The highest BCUT2D eigenvalue weighted by Gasteiger charge is 2.17. The average Bonchev–Trinajstić information content (AvgIpc) is 3.61. The number of carbonyl (C=O) groups is 1. The number of carbonyl (C=O) groups excluding carboxylic acids is 1. The molecule has 172 valence electrons. The van der Waals surface area contributed by atoms with Gasteiger partial charge in [-0.3, -0.25) is 19.9 Å². The van der Waals surface area contributed by atoms with Crippen molar-refractivity contribution < 1.29 is 4.79 Å². The van der Waals surface area contributed by atoms with Gasteiger partial charge in [-0.2, -0.15) is 5.10 Å². The molecule has 10 heteroatoms. The van der Waals surface area contributed by atoms with E-state index in [1.54, 1.807) is 36.1 Å². The zero-order chi connectivity index (χ0) is 23.9. The van der Waals surface area contributed by atoms with Crippen LogP contribution < -0.4 is 5.32 Å². The number of aryl methyl sites for hydroxylation is 1. The molecule has 0 saturated heterocycles. The summed E-state index contributed by atoms with van der Waals surface area (Å²) in [6, 6.07) is 8.07. The van der Waals surface area contributed by atoms with Crippen molar-refractivity contribution in [2.24, 2.45) is 0 Å². The average molecular weight is 481 g/mol. The fourth-order valence-corrected chi connectivity index (χ4v) is 4.84. The Labute approximate surface area is 203 Å². The van der Waals surface area contributed by atoms with Crippen LogP contribution in [-0.4, -0.2) is 41.0 Å². The molecule has 6 aromatic rings. The molecule has 1 amide bonds. The summed E-state index contributed by atoms with van der Waals surface area (Å²) in [7, 11) is 0. The SMILES string of the molecule is CCC(=O)Nc1cncc(-c2cnc3n[nH]c(-c4nc5c(-c6ccc(C)s6)cncc5[nH]4)c3c2)c1. The molecule has 6 heterocycles. The second-order valence-corrected chi connectivity index (χ2v) is 9.42. The first-order chi connectivity index (χ1) is 17.1. The number of aromatic amines is 2. The Bertz CT molecular complexity index is 1710. The normalized spacial score (nSPS) is 11.4. The second kappa shape index (κ2) is 8.41. The van der Waals surface area contributed by atoms with E-state index in [9.17, 15) is 4.79 Å². The summed E-state index contributed by atoms with van der Waals surface area (Å²) in [5.74, 6) is 0.595. The number of anilines is 1. The van der Waals surface area contributed by atoms with Crippen molar-refractivity contribution in [3.05, 3.63) is 60.1 Å². The predicted molar refractivity (Wildman–Crippen MR) is 137 cm³/mol. The lowest BCUT2D eigenvalue weighted by Gasteiger charge is -2.06. The number of H-pyrrole nitrogens is 2. The van der Waals surface area contributed by atoms with Crippen LogP contribution in [0.5, 0.6) is 0 Å². The molecule has 0 spiro atoms. The third kappa shape index (κ3) is 3.83. The molecule has 9 nitrogen and oxygen atoms in total. The van der Waals surface area contributed by atoms with Crippen LogP contribution >= 0.6 is 11.3 Å². The molecule has 0 atom stereocenters. The standard InChI is InChI=1S/C25H20N8OS/c1-3-21(34)29-16-6-14(8-26-10-16)15-7-17-23(32-33-24(17)28-9-15)25-30-19-12-27-11-18(22(19)31-25)20-5-4-13(2)35-20/h4-12H,3H2,1-2H3,(H,29,34)(H,30,31)(H,28,32,33). The Balaban J connectivity index is 1.43. The fraction of sp³-hybridized carbons (Fsp3) is 0.120. The van der Waals surface area contributed by atoms with Crippen molar-refractivity contribution in [3.63, 3.8) is 0 Å². The van der Waals surface area contributed by atoms with Gasteiger partial charge in [-0.05, 0) is 31.2 Å². The van der Waals surface area contributed by atoms with E-state index in [2.05, 4.69) is 54.5 Å². The minimum Gasteiger partial charge on any atom is -0.335 e. The fourth-order valence-electron chi connectivity index (χ4n) is 3.96. The Morgan fingerprint density at radius 3 is 2.74 bits per heavy atom. The molecule has 0 aliphatic rings. The van der Waals surface area contributed by atoms with E-state index in [-0.39, 0.29) is 5.91 Å². The molecule has 0 unspecified atom stereocenters. The highest BCUT2D eigenvalue weighted by atomic mass is 32.1. The summed E-state index contributed by atoms with van der Waals surface area (Å²) in [5.41, 5.74) is 6.34. The smallest absolute Gasteiger partial charge is 0.224 e. The number of imidazole rings is 1. The monoisotopic (exact) mass is 480 g/mol. The lowest BCUT2D eigenvalue weighted by atomic mass is 10.1. The third-order valence-electron chi connectivity index (χ3n) is 5.72. The lowest BCUT2D eigenvalue weighted by Crippen LogP contribution is -2.09. The summed E-state index contributed by atoms with van der Waals surface area (Å²) >= 11 is 1.71. The number of hydrogen-bond acceptors (Lipinski definition) is 7. The maximum atomic E-state index is 11.8. The van der Waals surface area contributed by atoms with Gasteiger partial charge >= 0.3 is 0 Å². The molecular weight excluding hydrogens is 460 g/mol.